The van der Waals surface area contributed by atoms with Crippen molar-refractivity contribution in [2.45, 2.75) is 33.1 Å². The molecule has 0 saturated heterocycles. The molecular weight excluding hydrogens is 281 g/mol. The van der Waals surface area contributed by atoms with Gasteiger partial charge in [0.25, 0.3) is 5.91 Å². The van der Waals surface area contributed by atoms with E-state index in [4.69, 9.17) is 23.2 Å². The minimum atomic E-state index is -0.0596. The minimum Gasteiger partial charge on any atom is -0.352 e. The van der Waals surface area contributed by atoms with E-state index in [1.54, 1.807) is 12.1 Å². The Kier molecular flexibility index (Phi) is 7.25. The van der Waals surface area contributed by atoms with Gasteiger partial charge in [-0.15, -0.1) is 11.6 Å². The molecule has 4 heteroatoms. The topological polar surface area (TPSA) is 29.1 Å². The molecule has 1 aromatic rings. The van der Waals surface area contributed by atoms with Crippen LogP contribution in [0.15, 0.2) is 18.2 Å². The van der Waals surface area contributed by atoms with Crippen molar-refractivity contribution in [3.63, 3.8) is 0 Å². The monoisotopic (exact) mass is 301 g/mol. The van der Waals surface area contributed by atoms with Crippen molar-refractivity contribution >= 4 is 29.1 Å². The Morgan fingerprint density at radius 3 is 2.74 bits per heavy atom. The van der Waals surface area contributed by atoms with Crippen molar-refractivity contribution in [1.82, 2.24) is 5.32 Å². The highest BCUT2D eigenvalue weighted by molar-refractivity contribution is 6.31. The van der Waals surface area contributed by atoms with Crippen molar-refractivity contribution in [3.8, 4) is 0 Å². The Morgan fingerprint density at radius 2 is 2.11 bits per heavy atom. The number of alkyl halides is 1. The molecule has 0 radical (unpaired) electrons. The van der Waals surface area contributed by atoms with Crippen LogP contribution in [0.25, 0.3) is 0 Å². The van der Waals surface area contributed by atoms with E-state index in [1.165, 1.54) is 0 Å². The number of hydrogen-bond acceptors (Lipinski definition) is 1. The van der Waals surface area contributed by atoms with Crippen LogP contribution in [0.2, 0.25) is 5.02 Å². The van der Waals surface area contributed by atoms with Gasteiger partial charge in [0, 0.05) is 23.0 Å². The van der Waals surface area contributed by atoms with Crippen LogP contribution in [-0.2, 0) is 0 Å². The quantitative estimate of drug-likeness (QED) is 0.742. The second-order valence-electron chi connectivity index (χ2n) is 4.80. The number of nitrogens with one attached hydrogen (secondary N) is 1. The van der Waals surface area contributed by atoms with Gasteiger partial charge in [0.15, 0.2) is 0 Å². The van der Waals surface area contributed by atoms with Crippen LogP contribution in [0, 0.1) is 12.8 Å². The molecule has 1 N–H and O–H groups in total. The Bertz CT molecular complexity index is 415. The van der Waals surface area contributed by atoms with Gasteiger partial charge in [0.2, 0.25) is 0 Å². The van der Waals surface area contributed by atoms with Gasteiger partial charge in [-0.2, -0.15) is 0 Å². The molecular formula is C15H21Cl2NO. The van der Waals surface area contributed by atoms with Crippen molar-refractivity contribution in [3.05, 3.63) is 34.3 Å². The summed E-state index contributed by atoms with van der Waals surface area (Å²) in [6.45, 7) is 4.73. The molecule has 0 spiro atoms. The molecule has 2 nitrogen and oxygen atoms in total. The summed E-state index contributed by atoms with van der Waals surface area (Å²) in [5.74, 6) is 1.03. The normalized spacial score (nSPS) is 12.2. The molecule has 106 valence electrons. The van der Waals surface area contributed by atoms with Crippen LogP contribution >= 0.6 is 23.2 Å². The predicted molar refractivity (Wildman–Crippen MR) is 82.3 cm³/mol. The van der Waals surface area contributed by atoms with Gasteiger partial charge in [-0.3, -0.25) is 4.79 Å². The molecule has 0 heterocycles. The Balaban J connectivity index is 2.61. The van der Waals surface area contributed by atoms with Gasteiger partial charge >= 0.3 is 0 Å². The van der Waals surface area contributed by atoms with Gasteiger partial charge in [-0.1, -0.05) is 31.0 Å². The number of hydrogen-bond donors (Lipinski definition) is 1. The lowest BCUT2D eigenvalue weighted by atomic mass is 10.0. The Morgan fingerprint density at radius 1 is 1.37 bits per heavy atom. The van der Waals surface area contributed by atoms with E-state index in [2.05, 4.69) is 12.2 Å². The third-order valence-electron chi connectivity index (χ3n) is 3.21. The zero-order valence-corrected chi connectivity index (χ0v) is 13.0. The fourth-order valence-electron chi connectivity index (χ4n) is 2.08. The van der Waals surface area contributed by atoms with E-state index in [0.717, 1.165) is 24.8 Å². The minimum absolute atomic E-state index is 0.0596. The van der Waals surface area contributed by atoms with Crippen molar-refractivity contribution in [2.75, 3.05) is 12.4 Å². The molecule has 19 heavy (non-hydrogen) atoms. The molecule has 0 aliphatic rings. The lowest BCUT2D eigenvalue weighted by Gasteiger charge is -2.16. The second kappa shape index (κ2) is 8.44. The number of carbonyl (C=O) groups excluding carboxylic acids is 1. The van der Waals surface area contributed by atoms with Crippen LogP contribution in [0.4, 0.5) is 0 Å². The van der Waals surface area contributed by atoms with Crippen molar-refractivity contribution in [1.29, 1.82) is 0 Å². The van der Waals surface area contributed by atoms with Crippen molar-refractivity contribution < 1.29 is 4.79 Å². The fraction of sp³-hybridized carbons (Fsp3) is 0.533. The van der Waals surface area contributed by atoms with E-state index < -0.39 is 0 Å². The lowest BCUT2D eigenvalue weighted by Crippen LogP contribution is -2.30. The zero-order valence-electron chi connectivity index (χ0n) is 11.5. The zero-order chi connectivity index (χ0) is 14.3. The molecule has 1 atom stereocenters. The number of carbonyl (C=O) groups is 1. The second-order valence-corrected chi connectivity index (χ2v) is 5.62. The Hall–Kier alpha value is -0.730. The van der Waals surface area contributed by atoms with Crippen LogP contribution in [0.1, 0.15) is 42.1 Å². The largest absolute Gasteiger partial charge is 0.352 e. The maximum atomic E-state index is 12.1. The van der Waals surface area contributed by atoms with Crippen LogP contribution in [0.3, 0.4) is 0 Å². The number of rotatable bonds is 7. The van der Waals surface area contributed by atoms with Gasteiger partial charge in [0.05, 0.1) is 0 Å². The van der Waals surface area contributed by atoms with E-state index in [1.807, 2.05) is 13.0 Å². The number of halogens is 2. The third kappa shape index (κ3) is 5.42. The fourth-order valence-corrected chi connectivity index (χ4v) is 2.56. The van der Waals surface area contributed by atoms with E-state index in [9.17, 15) is 4.79 Å². The summed E-state index contributed by atoms with van der Waals surface area (Å²) in [4.78, 5) is 12.1. The van der Waals surface area contributed by atoms with Gasteiger partial charge in [-0.25, -0.2) is 0 Å². The first-order chi connectivity index (χ1) is 9.08. The third-order valence-corrected chi connectivity index (χ3v) is 3.66. The molecule has 0 saturated carbocycles. The SMILES string of the molecule is CCCC(CCCl)CNC(=O)c1cc(Cl)ccc1C. The van der Waals surface area contributed by atoms with Gasteiger partial charge in [0.1, 0.15) is 0 Å². The van der Waals surface area contributed by atoms with Crippen LogP contribution in [0.5, 0.6) is 0 Å². The average Bonchev–Trinajstić information content (AvgIpc) is 2.39. The summed E-state index contributed by atoms with van der Waals surface area (Å²) in [5, 5.41) is 3.57. The summed E-state index contributed by atoms with van der Waals surface area (Å²) in [7, 11) is 0. The highest BCUT2D eigenvalue weighted by atomic mass is 35.5. The lowest BCUT2D eigenvalue weighted by molar-refractivity contribution is 0.0945. The molecule has 0 bridgehead atoms. The average molecular weight is 302 g/mol. The number of amides is 1. The Labute approximate surface area is 125 Å². The van der Waals surface area contributed by atoms with Crippen molar-refractivity contribution in [2.24, 2.45) is 5.92 Å². The van der Waals surface area contributed by atoms with Gasteiger partial charge in [-0.05, 0) is 43.4 Å². The molecule has 0 fully saturated rings. The van der Waals surface area contributed by atoms with Gasteiger partial charge < -0.3 is 5.32 Å². The summed E-state index contributed by atoms with van der Waals surface area (Å²) in [6, 6.07) is 5.36. The molecule has 0 aromatic heterocycles. The first-order valence-corrected chi connectivity index (χ1v) is 7.60. The van der Waals surface area contributed by atoms with E-state index in [-0.39, 0.29) is 5.91 Å². The first-order valence-electron chi connectivity index (χ1n) is 6.68. The maximum absolute atomic E-state index is 12.1. The highest BCUT2D eigenvalue weighted by Gasteiger charge is 2.12. The standard InChI is InChI=1S/C15H21Cl2NO/c1-3-4-12(7-8-16)10-18-15(19)14-9-13(17)6-5-11(14)2/h5-6,9,12H,3-4,7-8,10H2,1-2H3,(H,18,19). The molecule has 1 rings (SSSR count). The number of benzene rings is 1. The number of aryl methyl sites for hydroxylation is 1. The molecule has 0 aliphatic carbocycles. The van der Waals surface area contributed by atoms with E-state index >= 15 is 0 Å². The maximum Gasteiger partial charge on any atom is 0.251 e. The predicted octanol–water partition coefficient (Wildman–Crippen LogP) is 4.42. The summed E-state index contributed by atoms with van der Waals surface area (Å²) >= 11 is 11.7. The summed E-state index contributed by atoms with van der Waals surface area (Å²) in [6.07, 6.45) is 3.12. The molecule has 1 aromatic carbocycles. The van der Waals surface area contributed by atoms with Crippen LogP contribution in [-0.4, -0.2) is 18.3 Å². The summed E-state index contributed by atoms with van der Waals surface area (Å²) in [5.41, 5.74) is 1.58. The smallest absolute Gasteiger partial charge is 0.251 e. The van der Waals surface area contributed by atoms with E-state index in [0.29, 0.717) is 28.9 Å². The highest BCUT2D eigenvalue weighted by Crippen LogP contribution is 2.16. The molecule has 1 unspecified atom stereocenters. The molecule has 0 aliphatic heterocycles. The first kappa shape index (κ1) is 16.3. The molecule has 1 amide bonds. The van der Waals surface area contributed by atoms with Crippen LogP contribution < -0.4 is 5.32 Å². The summed E-state index contributed by atoms with van der Waals surface area (Å²) < 4.78 is 0.